The van der Waals surface area contributed by atoms with Crippen LogP contribution in [0.1, 0.15) is 39.0 Å². The second-order valence-electron chi connectivity index (χ2n) is 4.49. The Morgan fingerprint density at radius 1 is 1.47 bits per heavy atom. The number of hydrogen-bond acceptors (Lipinski definition) is 4. The van der Waals surface area contributed by atoms with Gasteiger partial charge in [-0.1, -0.05) is 32.6 Å². The fraction of sp³-hybridized carbons (Fsp3) is 0.692. The van der Waals surface area contributed by atoms with Crippen LogP contribution in [0.25, 0.3) is 0 Å². The van der Waals surface area contributed by atoms with Gasteiger partial charge in [0.1, 0.15) is 5.60 Å². The van der Waals surface area contributed by atoms with Crippen molar-refractivity contribution in [1.29, 1.82) is 0 Å². The number of unbranched alkanes of at least 4 members (excludes halogenated alkanes) is 3. The van der Waals surface area contributed by atoms with E-state index < -0.39 is 17.5 Å². The van der Waals surface area contributed by atoms with Gasteiger partial charge in [-0.3, -0.25) is 9.59 Å². The SMILES string of the molecule is CCCCCC[C@]1(O)C=CC(=O)[C@H]1C(=O)OC. The van der Waals surface area contributed by atoms with E-state index in [1.54, 1.807) is 0 Å². The van der Waals surface area contributed by atoms with E-state index in [1.807, 2.05) is 0 Å². The van der Waals surface area contributed by atoms with Gasteiger partial charge in [0.2, 0.25) is 0 Å². The van der Waals surface area contributed by atoms with Crippen molar-refractivity contribution in [3.05, 3.63) is 12.2 Å². The summed E-state index contributed by atoms with van der Waals surface area (Å²) in [6.45, 7) is 2.10. The molecule has 1 aliphatic rings. The third-order valence-corrected chi connectivity index (χ3v) is 3.19. The zero-order valence-electron chi connectivity index (χ0n) is 10.4. The number of allylic oxidation sites excluding steroid dienone is 1. The number of carbonyl (C=O) groups is 2. The average molecular weight is 240 g/mol. The highest BCUT2D eigenvalue weighted by Gasteiger charge is 2.47. The fourth-order valence-corrected chi connectivity index (χ4v) is 2.17. The van der Waals surface area contributed by atoms with Crippen LogP contribution in [0.3, 0.4) is 0 Å². The molecule has 0 spiro atoms. The minimum atomic E-state index is -1.35. The second-order valence-corrected chi connectivity index (χ2v) is 4.49. The Morgan fingerprint density at radius 3 is 2.76 bits per heavy atom. The van der Waals surface area contributed by atoms with Crippen molar-refractivity contribution in [2.75, 3.05) is 7.11 Å². The molecule has 0 saturated heterocycles. The van der Waals surface area contributed by atoms with Crippen LogP contribution in [0, 0.1) is 5.92 Å². The van der Waals surface area contributed by atoms with Gasteiger partial charge in [-0.25, -0.2) is 0 Å². The zero-order valence-corrected chi connectivity index (χ0v) is 10.4. The van der Waals surface area contributed by atoms with Crippen molar-refractivity contribution in [3.63, 3.8) is 0 Å². The summed E-state index contributed by atoms with van der Waals surface area (Å²) in [7, 11) is 1.23. The molecule has 0 aromatic rings. The van der Waals surface area contributed by atoms with Crippen LogP contribution in [-0.2, 0) is 14.3 Å². The van der Waals surface area contributed by atoms with Crippen molar-refractivity contribution in [2.24, 2.45) is 5.92 Å². The van der Waals surface area contributed by atoms with Gasteiger partial charge in [-0.05, 0) is 18.6 Å². The first kappa shape index (κ1) is 13.9. The van der Waals surface area contributed by atoms with Crippen LogP contribution in [0.4, 0.5) is 0 Å². The summed E-state index contributed by atoms with van der Waals surface area (Å²) in [6, 6.07) is 0. The predicted octanol–water partition coefficient (Wildman–Crippen LogP) is 1.62. The Balaban J connectivity index is 2.62. The molecule has 0 amide bonds. The van der Waals surface area contributed by atoms with E-state index in [-0.39, 0.29) is 5.78 Å². The number of methoxy groups -OCH3 is 1. The van der Waals surface area contributed by atoms with E-state index >= 15 is 0 Å². The van der Waals surface area contributed by atoms with Crippen LogP contribution in [0.2, 0.25) is 0 Å². The summed E-state index contributed by atoms with van der Waals surface area (Å²) in [4.78, 5) is 23.0. The van der Waals surface area contributed by atoms with Crippen molar-refractivity contribution < 1.29 is 19.4 Å². The topological polar surface area (TPSA) is 63.6 Å². The van der Waals surface area contributed by atoms with Gasteiger partial charge in [0.25, 0.3) is 0 Å². The van der Waals surface area contributed by atoms with Gasteiger partial charge in [-0.2, -0.15) is 0 Å². The number of ketones is 1. The molecule has 17 heavy (non-hydrogen) atoms. The quantitative estimate of drug-likeness (QED) is 0.435. The first-order valence-electron chi connectivity index (χ1n) is 6.08. The van der Waals surface area contributed by atoms with Crippen LogP contribution >= 0.6 is 0 Å². The molecule has 4 nitrogen and oxygen atoms in total. The number of carbonyl (C=O) groups excluding carboxylic acids is 2. The molecule has 0 heterocycles. The summed E-state index contributed by atoms with van der Waals surface area (Å²) in [5, 5.41) is 10.3. The first-order chi connectivity index (χ1) is 8.05. The van der Waals surface area contributed by atoms with Gasteiger partial charge in [0.15, 0.2) is 11.7 Å². The Kier molecular flexibility index (Phi) is 4.87. The molecule has 0 fully saturated rings. The van der Waals surface area contributed by atoms with Gasteiger partial charge in [-0.15, -0.1) is 0 Å². The van der Waals surface area contributed by atoms with E-state index in [0.29, 0.717) is 6.42 Å². The maximum absolute atomic E-state index is 11.5. The lowest BCUT2D eigenvalue weighted by atomic mass is 9.85. The largest absolute Gasteiger partial charge is 0.468 e. The molecule has 2 atom stereocenters. The lowest BCUT2D eigenvalue weighted by Gasteiger charge is -2.26. The van der Waals surface area contributed by atoms with Gasteiger partial charge >= 0.3 is 5.97 Å². The number of ether oxygens (including phenoxy) is 1. The molecule has 0 radical (unpaired) electrons. The molecule has 96 valence electrons. The normalized spacial score (nSPS) is 27.5. The number of hydrogen-bond donors (Lipinski definition) is 1. The monoisotopic (exact) mass is 240 g/mol. The van der Waals surface area contributed by atoms with E-state index in [0.717, 1.165) is 25.7 Å². The molecular formula is C13H20O4. The average Bonchev–Trinajstić information content (AvgIpc) is 2.61. The highest BCUT2D eigenvalue weighted by molar-refractivity contribution is 6.08. The van der Waals surface area contributed by atoms with Crippen LogP contribution < -0.4 is 0 Å². The van der Waals surface area contributed by atoms with E-state index in [9.17, 15) is 14.7 Å². The van der Waals surface area contributed by atoms with Crippen molar-refractivity contribution in [1.82, 2.24) is 0 Å². The molecule has 1 rings (SSSR count). The molecule has 1 aliphatic carbocycles. The van der Waals surface area contributed by atoms with E-state index in [4.69, 9.17) is 0 Å². The van der Waals surface area contributed by atoms with Gasteiger partial charge in [0, 0.05) is 0 Å². The second kappa shape index (κ2) is 5.96. The van der Waals surface area contributed by atoms with E-state index in [1.165, 1.54) is 19.3 Å². The Hall–Kier alpha value is -1.16. The molecule has 1 N–H and O–H groups in total. The van der Waals surface area contributed by atoms with Gasteiger partial charge < -0.3 is 9.84 Å². The highest BCUT2D eigenvalue weighted by atomic mass is 16.5. The van der Waals surface area contributed by atoms with Crippen molar-refractivity contribution >= 4 is 11.8 Å². The predicted molar refractivity (Wildman–Crippen MR) is 63.4 cm³/mol. The summed E-state index contributed by atoms with van der Waals surface area (Å²) in [5.74, 6) is -2.10. The summed E-state index contributed by atoms with van der Waals surface area (Å²) < 4.78 is 4.57. The summed E-state index contributed by atoms with van der Waals surface area (Å²) in [6.07, 6.45) is 7.13. The molecule has 0 bridgehead atoms. The molecule has 0 aliphatic heterocycles. The van der Waals surface area contributed by atoms with Crippen LogP contribution in [0.5, 0.6) is 0 Å². The van der Waals surface area contributed by atoms with Crippen molar-refractivity contribution in [2.45, 2.75) is 44.6 Å². The Labute approximate surface area is 102 Å². The minimum Gasteiger partial charge on any atom is -0.468 e. The van der Waals surface area contributed by atoms with Gasteiger partial charge in [0.05, 0.1) is 7.11 Å². The molecule has 0 unspecified atom stereocenters. The minimum absolute atomic E-state index is 0.366. The fourth-order valence-electron chi connectivity index (χ4n) is 2.17. The lowest BCUT2D eigenvalue weighted by Crippen LogP contribution is -2.41. The maximum Gasteiger partial charge on any atom is 0.319 e. The summed E-state index contributed by atoms with van der Waals surface area (Å²) >= 11 is 0. The smallest absolute Gasteiger partial charge is 0.319 e. The van der Waals surface area contributed by atoms with Crippen LogP contribution in [0.15, 0.2) is 12.2 Å². The molecular weight excluding hydrogens is 220 g/mol. The Morgan fingerprint density at radius 2 is 2.18 bits per heavy atom. The van der Waals surface area contributed by atoms with Crippen molar-refractivity contribution in [3.8, 4) is 0 Å². The zero-order chi connectivity index (χ0) is 12.9. The third-order valence-electron chi connectivity index (χ3n) is 3.19. The van der Waals surface area contributed by atoms with Crippen LogP contribution in [-0.4, -0.2) is 29.6 Å². The van der Waals surface area contributed by atoms with E-state index in [2.05, 4.69) is 11.7 Å². The Bertz CT molecular complexity index is 321. The molecule has 4 heteroatoms. The number of aliphatic hydroxyl groups is 1. The molecule has 0 aromatic carbocycles. The molecule has 0 aromatic heterocycles. The highest BCUT2D eigenvalue weighted by Crippen LogP contribution is 2.33. The third kappa shape index (κ3) is 3.16. The lowest BCUT2D eigenvalue weighted by molar-refractivity contribution is -0.155. The molecule has 0 saturated carbocycles. The first-order valence-corrected chi connectivity index (χ1v) is 6.08. The number of esters is 1. The maximum atomic E-state index is 11.5. The number of rotatable bonds is 6. The standard InChI is InChI=1S/C13H20O4/c1-3-4-5-6-8-13(16)9-7-10(14)11(13)12(15)17-2/h7,9,11,16H,3-6,8H2,1-2H3/t11-,13-/m0/s1. The summed E-state index contributed by atoms with van der Waals surface area (Å²) in [5.41, 5.74) is -1.35.